The molecule has 1 rings (SSSR count). The van der Waals surface area contributed by atoms with Crippen LogP contribution in [0.3, 0.4) is 0 Å². The first kappa shape index (κ1) is 21.1. The molecule has 0 bridgehead atoms. The molecule has 1 aliphatic heterocycles. The average Bonchev–Trinajstić information content (AvgIpc) is 2.52. The van der Waals surface area contributed by atoms with Crippen LogP contribution in [0.25, 0.3) is 0 Å². The molecule has 1 atom stereocenters. The lowest BCUT2D eigenvalue weighted by Crippen LogP contribution is -2.57. The van der Waals surface area contributed by atoms with E-state index in [-0.39, 0.29) is 0 Å². The van der Waals surface area contributed by atoms with Gasteiger partial charge in [-0.25, -0.2) is 0 Å². The fourth-order valence-electron chi connectivity index (χ4n) is 3.37. The van der Waals surface area contributed by atoms with E-state index in [2.05, 4.69) is 18.7 Å². The van der Waals surface area contributed by atoms with Crippen LogP contribution in [0.4, 0.5) is 0 Å². The van der Waals surface area contributed by atoms with Crippen molar-refractivity contribution in [2.24, 2.45) is 0 Å². The average molecular weight is 348 g/mol. The Morgan fingerprint density at radius 2 is 1.65 bits per heavy atom. The Hall–Kier alpha value is 0.0169. The molecular formula is C17H37NO4Si. The molecule has 138 valence electrons. The van der Waals surface area contributed by atoms with Gasteiger partial charge in [-0.2, -0.15) is 0 Å². The third-order valence-corrected chi connectivity index (χ3v) is 7.55. The first-order valence-corrected chi connectivity index (χ1v) is 11.4. The molecule has 23 heavy (non-hydrogen) atoms. The first-order chi connectivity index (χ1) is 11.1. The molecule has 6 heteroatoms. The van der Waals surface area contributed by atoms with Gasteiger partial charge in [0.25, 0.3) is 0 Å². The summed E-state index contributed by atoms with van der Waals surface area (Å²) in [6.45, 7) is 15.7. The van der Waals surface area contributed by atoms with Crippen molar-refractivity contribution >= 4 is 8.80 Å². The topological polar surface area (TPSA) is 40.2 Å². The summed E-state index contributed by atoms with van der Waals surface area (Å²) in [6, 6.07) is 0.902. The van der Waals surface area contributed by atoms with Crippen molar-refractivity contribution in [3.63, 3.8) is 0 Å². The Labute approximate surface area is 144 Å². The highest BCUT2D eigenvalue weighted by molar-refractivity contribution is 6.61. The summed E-state index contributed by atoms with van der Waals surface area (Å²) in [5, 5.41) is 0. The summed E-state index contributed by atoms with van der Waals surface area (Å²) in [5.74, 6) is -0.517. The zero-order chi connectivity index (χ0) is 17.2. The maximum absolute atomic E-state index is 6.49. The van der Waals surface area contributed by atoms with E-state index >= 15 is 0 Å². The third-order valence-electron chi connectivity index (χ3n) is 4.44. The van der Waals surface area contributed by atoms with Gasteiger partial charge < -0.3 is 22.9 Å². The van der Waals surface area contributed by atoms with Gasteiger partial charge in [0, 0.05) is 38.7 Å². The predicted octanol–water partition coefficient (Wildman–Crippen LogP) is 3.66. The van der Waals surface area contributed by atoms with E-state index in [1.54, 1.807) is 0 Å². The molecule has 1 unspecified atom stereocenters. The number of hydrogen-bond donors (Lipinski definition) is 0. The molecule has 1 aliphatic rings. The predicted molar refractivity (Wildman–Crippen MR) is 95.5 cm³/mol. The molecule has 5 nitrogen and oxygen atoms in total. The minimum absolute atomic E-state index is 0.517. The van der Waals surface area contributed by atoms with Gasteiger partial charge in [0.05, 0.1) is 0 Å². The third kappa shape index (κ3) is 6.44. The second-order valence-corrected chi connectivity index (χ2v) is 8.63. The van der Waals surface area contributed by atoms with E-state index in [1.807, 2.05) is 20.8 Å². The summed E-state index contributed by atoms with van der Waals surface area (Å²) in [7, 11) is -2.59. The summed E-state index contributed by atoms with van der Waals surface area (Å²) in [5.41, 5.74) is 0. The summed E-state index contributed by atoms with van der Waals surface area (Å²) in [6.07, 6.45) is 3.97. The Morgan fingerprint density at radius 3 is 2.17 bits per heavy atom. The summed E-state index contributed by atoms with van der Waals surface area (Å²) >= 11 is 0. The Bertz CT molecular complexity index is 299. The van der Waals surface area contributed by atoms with Crippen molar-refractivity contribution in [3.8, 4) is 0 Å². The Kier molecular flexibility index (Phi) is 9.88. The van der Waals surface area contributed by atoms with Gasteiger partial charge in [0.1, 0.15) is 0 Å². The van der Waals surface area contributed by atoms with Crippen molar-refractivity contribution in [1.29, 1.82) is 0 Å². The van der Waals surface area contributed by atoms with Gasteiger partial charge in [-0.3, -0.25) is 0 Å². The summed E-state index contributed by atoms with van der Waals surface area (Å²) < 4.78 is 24.6. The van der Waals surface area contributed by atoms with Crippen LogP contribution >= 0.6 is 0 Å². The molecule has 1 fully saturated rings. The van der Waals surface area contributed by atoms with Crippen LogP contribution in [0.5, 0.6) is 0 Å². The molecule has 1 heterocycles. The van der Waals surface area contributed by atoms with E-state index in [1.165, 1.54) is 0 Å². The monoisotopic (exact) mass is 347 g/mol. The van der Waals surface area contributed by atoms with Gasteiger partial charge >= 0.3 is 8.80 Å². The highest BCUT2D eigenvalue weighted by Gasteiger charge is 2.52. The van der Waals surface area contributed by atoms with Crippen LogP contribution in [0.1, 0.15) is 60.3 Å². The van der Waals surface area contributed by atoms with Crippen LogP contribution in [0.15, 0.2) is 0 Å². The fourth-order valence-corrected chi connectivity index (χ4v) is 6.28. The van der Waals surface area contributed by atoms with E-state index in [9.17, 15) is 0 Å². The van der Waals surface area contributed by atoms with E-state index < -0.39 is 14.6 Å². The number of rotatable bonds is 12. The van der Waals surface area contributed by atoms with E-state index in [0.29, 0.717) is 19.8 Å². The standard InChI is InChI=1S/C17H37NO4Si/c1-6-18(7-2)15-11-13-17(19-8-3)14-12-16-23(22-17,20-9-4)21-10-5/h6-16H2,1-5H3. The molecule has 0 aromatic carbocycles. The van der Waals surface area contributed by atoms with Crippen LogP contribution in [0.2, 0.25) is 6.04 Å². The molecule has 0 spiro atoms. The van der Waals surface area contributed by atoms with Crippen molar-refractivity contribution in [1.82, 2.24) is 4.90 Å². The first-order valence-electron chi connectivity index (χ1n) is 9.43. The van der Waals surface area contributed by atoms with Gasteiger partial charge in [-0.1, -0.05) is 13.8 Å². The van der Waals surface area contributed by atoms with Crippen molar-refractivity contribution in [2.75, 3.05) is 39.5 Å². The number of ether oxygens (including phenoxy) is 1. The SMILES string of the molecule is CCOC1(CCCN(CC)CC)CCC[Si](OCC)(OCC)O1. The molecular weight excluding hydrogens is 310 g/mol. The molecule has 0 saturated carbocycles. The second-order valence-electron chi connectivity index (χ2n) is 5.98. The molecule has 0 amide bonds. The largest absolute Gasteiger partial charge is 0.503 e. The van der Waals surface area contributed by atoms with Gasteiger partial charge in [0.15, 0.2) is 5.79 Å². The minimum Gasteiger partial charge on any atom is -0.374 e. The number of hydrogen-bond acceptors (Lipinski definition) is 5. The van der Waals surface area contributed by atoms with Gasteiger partial charge in [-0.05, 0) is 53.2 Å². The zero-order valence-electron chi connectivity index (χ0n) is 15.9. The highest BCUT2D eigenvalue weighted by atomic mass is 28.4. The Balaban J connectivity index is 2.73. The minimum atomic E-state index is -2.59. The maximum Gasteiger partial charge on any atom is 0.503 e. The lowest BCUT2D eigenvalue weighted by atomic mass is 10.0. The highest BCUT2D eigenvalue weighted by Crippen LogP contribution is 2.38. The van der Waals surface area contributed by atoms with Crippen molar-refractivity contribution in [2.45, 2.75) is 72.1 Å². The quantitative estimate of drug-likeness (QED) is 0.504. The van der Waals surface area contributed by atoms with Gasteiger partial charge in [-0.15, -0.1) is 0 Å². The van der Waals surface area contributed by atoms with E-state index in [0.717, 1.165) is 51.4 Å². The second kappa shape index (κ2) is 10.8. The molecule has 1 saturated heterocycles. The molecule has 0 radical (unpaired) electrons. The molecule has 0 aromatic heterocycles. The summed E-state index contributed by atoms with van der Waals surface area (Å²) in [4.78, 5) is 2.44. The van der Waals surface area contributed by atoms with Crippen molar-refractivity contribution in [3.05, 3.63) is 0 Å². The Morgan fingerprint density at radius 1 is 1.00 bits per heavy atom. The zero-order valence-corrected chi connectivity index (χ0v) is 16.9. The molecule has 0 aliphatic carbocycles. The van der Waals surface area contributed by atoms with Gasteiger partial charge in [0.2, 0.25) is 0 Å². The molecule has 0 N–H and O–H groups in total. The lowest BCUT2D eigenvalue weighted by Gasteiger charge is -2.45. The van der Waals surface area contributed by atoms with Crippen LogP contribution in [-0.2, 0) is 18.0 Å². The van der Waals surface area contributed by atoms with Crippen LogP contribution in [0, 0.1) is 0 Å². The van der Waals surface area contributed by atoms with Crippen LogP contribution in [-0.4, -0.2) is 58.9 Å². The van der Waals surface area contributed by atoms with Crippen molar-refractivity contribution < 1.29 is 18.0 Å². The van der Waals surface area contributed by atoms with Crippen LogP contribution < -0.4 is 0 Å². The van der Waals surface area contributed by atoms with E-state index in [4.69, 9.17) is 18.0 Å². The lowest BCUT2D eigenvalue weighted by molar-refractivity contribution is -0.226. The number of nitrogens with zero attached hydrogens (tertiary/aromatic N) is 1. The molecule has 0 aromatic rings. The fraction of sp³-hybridized carbons (Fsp3) is 1.00. The smallest absolute Gasteiger partial charge is 0.374 e. The maximum atomic E-state index is 6.49. The normalized spacial score (nSPS) is 24.3.